The van der Waals surface area contributed by atoms with Crippen LogP contribution in [0.15, 0.2) is 0 Å². The summed E-state index contributed by atoms with van der Waals surface area (Å²) in [5, 5.41) is 30.1. The Kier molecular flexibility index (Phi) is 12.7. The molecule has 6 nitrogen and oxygen atoms in total. The monoisotopic (exact) mass is 344 g/mol. The molecule has 1 fully saturated rings. The van der Waals surface area contributed by atoms with Crippen LogP contribution in [0.5, 0.6) is 0 Å². The van der Waals surface area contributed by atoms with Crippen LogP contribution in [0.25, 0.3) is 0 Å². The molecule has 1 aliphatic rings. The standard InChI is InChI=1S/C12H25BN2O4.2ClH/c14-12(11(16)17,6-1-2-8-13(18)19)7-5-10-4-3-9-15-10;;/h10,15,18-19H,1-9,14H2,(H,16,17);2*1H. The van der Waals surface area contributed by atoms with Gasteiger partial charge in [0.25, 0.3) is 0 Å². The number of hydrogen-bond acceptors (Lipinski definition) is 5. The lowest BCUT2D eigenvalue weighted by atomic mass is 9.81. The molecule has 0 bridgehead atoms. The summed E-state index contributed by atoms with van der Waals surface area (Å²) in [7, 11) is -1.32. The Morgan fingerprint density at radius 2 is 1.95 bits per heavy atom. The fourth-order valence-electron chi connectivity index (χ4n) is 2.54. The molecule has 0 aromatic carbocycles. The quantitative estimate of drug-likeness (QED) is 0.312. The average Bonchev–Trinajstić information content (AvgIpc) is 2.85. The number of nitrogens with one attached hydrogen (secondary N) is 1. The van der Waals surface area contributed by atoms with E-state index in [2.05, 4.69) is 5.32 Å². The second kappa shape index (κ2) is 11.5. The van der Waals surface area contributed by atoms with Gasteiger partial charge in [0.1, 0.15) is 5.54 Å². The number of aliphatic carboxylic acids is 1. The van der Waals surface area contributed by atoms with Crippen LogP contribution in [0.2, 0.25) is 6.32 Å². The SMILES string of the molecule is Cl.Cl.NC(CCCCB(O)O)(CCC1CCCN1)C(=O)O. The molecule has 0 aliphatic carbocycles. The van der Waals surface area contributed by atoms with Crippen molar-refractivity contribution in [1.82, 2.24) is 5.32 Å². The molecule has 0 aromatic rings. The minimum atomic E-state index is -1.32. The molecule has 1 saturated heterocycles. The lowest BCUT2D eigenvalue weighted by Gasteiger charge is -2.26. The van der Waals surface area contributed by atoms with Crippen molar-refractivity contribution in [2.75, 3.05) is 6.54 Å². The summed E-state index contributed by atoms with van der Waals surface area (Å²) in [4.78, 5) is 11.3. The second-order valence-electron chi connectivity index (χ2n) is 5.52. The van der Waals surface area contributed by atoms with E-state index in [4.69, 9.17) is 15.8 Å². The number of unbranched alkanes of at least 4 members (excludes halogenated alkanes) is 1. The smallest absolute Gasteiger partial charge is 0.451 e. The molecule has 6 N–H and O–H groups in total. The first kappa shape index (κ1) is 23.2. The van der Waals surface area contributed by atoms with Gasteiger partial charge >= 0.3 is 13.1 Å². The number of hydrogen-bond donors (Lipinski definition) is 5. The van der Waals surface area contributed by atoms with Gasteiger partial charge in [0.2, 0.25) is 0 Å². The third kappa shape index (κ3) is 8.85. The van der Waals surface area contributed by atoms with Gasteiger partial charge in [-0.05, 0) is 45.0 Å². The highest BCUT2D eigenvalue weighted by Gasteiger charge is 2.34. The number of carboxylic acid groups (broad SMARTS) is 1. The van der Waals surface area contributed by atoms with Gasteiger partial charge < -0.3 is 26.2 Å². The number of rotatable bonds is 9. The van der Waals surface area contributed by atoms with Crippen molar-refractivity contribution in [3.8, 4) is 0 Å². The van der Waals surface area contributed by atoms with E-state index in [1.165, 1.54) is 0 Å². The summed E-state index contributed by atoms with van der Waals surface area (Å²) < 4.78 is 0. The Hall–Kier alpha value is -0.0451. The van der Waals surface area contributed by atoms with E-state index >= 15 is 0 Å². The van der Waals surface area contributed by atoms with Gasteiger partial charge in [-0.3, -0.25) is 4.79 Å². The number of nitrogens with two attached hydrogens (primary N) is 1. The molecule has 1 heterocycles. The maximum Gasteiger partial charge on any atom is 0.451 e. The summed E-state index contributed by atoms with van der Waals surface area (Å²) in [5.74, 6) is -0.963. The van der Waals surface area contributed by atoms with Crippen molar-refractivity contribution < 1.29 is 19.9 Å². The van der Waals surface area contributed by atoms with Crippen LogP contribution >= 0.6 is 24.8 Å². The maximum atomic E-state index is 11.3. The Balaban J connectivity index is 0. The molecule has 0 saturated carbocycles. The summed E-state index contributed by atoms with van der Waals surface area (Å²) in [6, 6.07) is 0.390. The Morgan fingerprint density at radius 1 is 1.29 bits per heavy atom. The summed E-state index contributed by atoms with van der Waals surface area (Å²) in [6.45, 7) is 1.00. The first-order valence-electron chi connectivity index (χ1n) is 7.06. The minimum absolute atomic E-state index is 0. The van der Waals surface area contributed by atoms with Gasteiger partial charge in [-0.2, -0.15) is 0 Å². The molecule has 126 valence electrons. The predicted octanol–water partition coefficient (Wildman–Crippen LogP) is 0.787. The predicted molar refractivity (Wildman–Crippen MR) is 88.2 cm³/mol. The van der Waals surface area contributed by atoms with Gasteiger partial charge in [0.15, 0.2) is 0 Å². The largest absolute Gasteiger partial charge is 0.480 e. The number of carboxylic acids is 1. The zero-order chi connectivity index (χ0) is 14.3. The molecule has 2 atom stereocenters. The first-order valence-corrected chi connectivity index (χ1v) is 7.06. The van der Waals surface area contributed by atoms with Gasteiger partial charge in [0.05, 0.1) is 0 Å². The average molecular weight is 345 g/mol. The van der Waals surface area contributed by atoms with Crippen molar-refractivity contribution in [2.24, 2.45) is 5.73 Å². The first-order chi connectivity index (χ1) is 8.94. The zero-order valence-corrected chi connectivity index (χ0v) is 13.8. The van der Waals surface area contributed by atoms with E-state index in [1.54, 1.807) is 0 Å². The van der Waals surface area contributed by atoms with Crippen LogP contribution in [-0.4, -0.2) is 46.4 Å². The fraction of sp³-hybridized carbons (Fsp3) is 0.917. The van der Waals surface area contributed by atoms with Crippen LogP contribution in [0.3, 0.4) is 0 Å². The third-order valence-electron chi connectivity index (χ3n) is 3.86. The van der Waals surface area contributed by atoms with Crippen LogP contribution in [0.1, 0.15) is 44.9 Å². The summed E-state index contributed by atoms with van der Waals surface area (Å²) in [5.41, 5.74) is 4.79. The molecular weight excluding hydrogens is 318 g/mol. The van der Waals surface area contributed by atoms with E-state index in [9.17, 15) is 9.90 Å². The van der Waals surface area contributed by atoms with Crippen LogP contribution < -0.4 is 11.1 Å². The highest BCUT2D eigenvalue weighted by molar-refractivity contribution is 6.40. The second-order valence-corrected chi connectivity index (χ2v) is 5.52. The molecule has 21 heavy (non-hydrogen) atoms. The number of carbonyl (C=O) groups is 1. The Labute approximate surface area is 138 Å². The Morgan fingerprint density at radius 3 is 2.43 bits per heavy atom. The lowest BCUT2D eigenvalue weighted by Crippen LogP contribution is -2.48. The molecule has 0 radical (unpaired) electrons. The lowest BCUT2D eigenvalue weighted by molar-refractivity contribution is -0.144. The molecule has 0 spiro atoms. The molecule has 9 heteroatoms. The zero-order valence-electron chi connectivity index (χ0n) is 12.2. The van der Waals surface area contributed by atoms with Crippen LogP contribution in [-0.2, 0) is 4.79 Å². The van der Waals surface area contributed by atoms with Crippen molar-refractivity contribution in [1.29, 1.82) is 0 Å². The minimum Gasteiger partial charge on any atom is -0.480 e. The normalized spacial score (nSPS) is 20.0. The maximum absolute atomic E-state index is 11.3. The fourth-order valence-corrected chi connectivity index (χ4v) is 2.54. The Bertz CT molecular complexity index is 294. The van der Waals surface area contributed by atoms with Crippen molar-refractivity contribution in [3.63, 3.8) is 0 Å². The van der Waals surface area contributed by atoms with Gasteiger partial charge in [-0.15, -0.1) is 24.8 Å². The van der Waals surface area contributed by atoms with E-state index in [0.29, 0.717) is 31.7 Å². The van der Waals surface area contributed by atoms with E-state index < -0.39 is 18.6 Å². The molecule has 0 aromatic heterocycles. The van der Waals surface area contributed by atoms with Crippen molar-refractivity contribution >= 4 is 37.9 Å². The van der Waals surface area contributed by atoms with E-state index in [0.717, 1.165) is 25.8 Å². The summed E-state index contributed by atoms with van der Waals surface area (Å²) >= 11 is 0. The van der Waals surface area contributed by atoms with Crippen molar-refractivity contribution in [3.05, 3.63) is 0 Å². The molecule has 0 amide bonds. The molecular formula is C12H27BCl2N2O4. The summed E-state index contributed by atoms with van der Waals surface area (Å²) in [6.07, 6.45) is 5.29. The van der Waals surface area contributed by atoms with Crippen LogP contribution in [0.4, 0.5) is 0 Å². The van der Waals surface area contributed by atoms with Crippen LogP contribution in [0, 0.1) is 0 Å². The van der Waals surface area contributed by atoms with Gasteiger partial charge in [-0.1, -0.05) is 12.8 Å². The topological polar surface area (TPSA) is 116 Å². The molecule has 2 unspecified atom stereocenters. The van der Waals surface area contributed by atoms with E-state index in [1.807, 2.05) is 0 Å². The van der Waals surface area contributed by atoms with Gasteiger partial charge in [0, 0.05) is 6.04 Å². The van der Waals surface area contributed by atoms with Gasteiger partial charge in [-0.25, -0.2) is 0 Å². The van der Waals surface area contributed by atoms with E-state index in [-0.39, 0.29) is 31.1 Å². The molecule has 1 rings (SSSR count). The highest BCUT2D eigenvalue weighted by atomic mass is 35.5. The van der Waals surface area contributed by atoms with Crippen molar-refractivity contribution in [2.45, 2.75) is 62.8 Å². The molecule has 1 aliphatic heterocycles. The third-order valence-corrected chi connectivity index (χ3v) is 3.86. The highest BCUT2D eigenvalue weighted by Crippen LogP contribution is 2.22. The number of halogens is 2.